The van der Waals surface area contributed by atoms with E-state index in [4.69, 9.17) is 56.2 Å². The van der Waals surface area contributed by atoms with Crippen LogP contribution >= 0.6 is 58.2 Å². The van der Waals surface area contributed by atoms with Crippen molar-refractivity contribution in [2.75, 3.05) is 6.54 Å². The lowest BCUT2D eigenvalue weighted by atomic mass is 10.6. The average Bonchev–Trinajstić information content (AvgIpc) is 2.12. The third kappa shape index (κ3) is 5.61. The minimum atomic E-state index is -2.29. The molecule has 2 atom stereocenters. The van der Waals surface area contributed by atoms with Crippen molar-refractivity contribution in [1.82, 2.24) is 4.31 Å². The van der Waals surface area contributed by atoms with E-state index in [1.165, 1.54) is 0 Å². The van der Waals surface area contributed by atoms with Gasteiger partial charge in [-0.3, -0.25) is 4.55 Å². The first-order valence-electron chi connectivity index (χ1n) is 3.80. The van der Waals surface area contributed by atoms with Crippen LogP contribution < -0.4 is 0 Å². The quantitative estimate of drug-likeness (QED) is 0.348. The van der Waals surface area contributed by atoms with E-state index in [9.17, 15) is 4.21 Å². The zero-order valence-corrected chi connectivity index (χ0v) is 12.6. The summed E-state index contributed by atoms with van der Waals surface area (Å²) in [5.41, 5.74) is 0. The summed E-state index contributed by atoms with van der Waals surface area (Å²) in [6.45, 7) is 1.32. The lowest BCUT2D eigenvalue weighted by Gasteiger charge is -2.28. The van der Waals surface area contributed by atoms with Crippen LogP contribution in [0, 0.1) is 11.3 Å². The number of hydrogen-bond acceptors (Lipinski definition) is 3. The number of nitriles is 1. The van der Waals surface area contributed by atoms with Crippen LogP contribution in [0.15, 0.2) is 0 Å². The molecule has 0 heterocycles. The smallest absolute Gasteiger partial charge is 0.236 e. The van der Waals surface area contributed by atoms with Crippen molar-refractivity contribution in [3.63, 3.8) is 0 Å². The van der Waals surface area contributed by atoms with E-state index in [1.54, 1.807) is 13.0 Å². The van der Waals surface area contributed by atoms with Crippen molar-refractivity contribution < 1.29 is 8.76 Å². The Morgan fingerprint density at radius 2 is 2.12 bits per heavy atom. The summed E-state index contributed by atoms with van der Waals surface area (Å²) < 4.78 is 19.3. The maximum atomic E-state index is 10.9. The Morgan fingerprint density at radius 3 is 2.44 bits per heavy atom. The molecule has 0 saturated carbocycles. The van der Waals surface area contributed by atoms with E-state index in [0.29, 0.717) is 0 Å². The molecule has 0 fully saturated rings. The van der Waals surface area contributed by atoms with Gasteiger partial charge in [0, 0.05) is 0 Å². The lowest BCUT2D eigenvalue weighted by Crippen LogP contribution is -2.36. The summed E-state index contributed by atoms with van der Waals surface area (Å²) in [5.74, 6) is 0. The molecule has 0 aliphatic heterocycles. The second-order valence-corrected chi connectivity index (χ2v) is 7.97. The van der Waals surface area contributed by atoms with Gasteiger partial charge in [0.2, 0.25) is 11.3 Å². The topological polar surface area (TPSA) is 64.3 Å². The Kier molecular flexibility index (Phi) is 7.99. The molecule has 0 aliphatic rings. The molecular formula is C6H8Cl4N2O2S2. The Balaban J connectivity index is 4.60. The van der Waals surface area contributed by atoms with Crippen molar-refractivity contribution >= 4 is 69.4 Å². The molecule has 0 aromatic carbocycles. The Morgan fingerprint density at radius 1 is 1.62 bits per heavy atom. The van der Waals surface area contributed by atoms with E-state index in [1.807, 2.05) is 0 Å². The van der Waals surface area contributed by atoms with Gasteiger partial charge in [0.05, 0.1) is 11.4 Å². The van der Waals surface area contributed by atoms with E-state index in [2.05, 4.69) is 0 Å². The summed E-state index contributed by atoms with van der Waals surface area (Å²) in [5, 5.41) is 7.88. The van der Waals surface area contributed by atoms with Gasteiger partial charge in [-0.15, -0.1) is 35.0 Å². The van der Waals surface area contributed by atoms with Gasteiger partial charge in [-0.05, 0) is 6.92 Å². The predicted molar refractivity (Wildman–Crippen MR) is 70.1 cm³/mol. The molecule has 2 unspecified atom stereocenters. The zero-order valence-electron chi connectivity index (χ0n) is 7.94. The van der Waals surface area contributed by atoms with E-state index >= 15 is 0 Å². The molecule has 0 bridgehead atoms. The largest absolute Gasteiger partial charge is 0.294 e. The van der Waals surface area contributed by atoms with Gasteiger partial charge in [-0.1, -0.05) is 23.2 Å². The maximum Gasteiger partial charge on any atom is 0.236 e. The Bertz CT molecular complexity index is 297. The van der Waals surface area contributed by atoms with Crippen LogP contribution in [0.5, 0.6) is 0 Å². The molecule has 0 spiro atoms. The molecule has 94 valence electrons. The third-order valence-electron chi connectivity index (χ3n) is 1.41. The van der Waals surface area contributed by atoms with Gasteiger partial charge < -0.3 is 0 Å². The molecule has 10 heteroatoms. The van der Waals surface area contributed by atoms with Gasteiger partial charge in [0.1, 0.15) is 11.4 Å². The van der Waals surface area contributed by atoms with Crippen molar-refractivity contribution in [2.45, 2.75) is 20.8 Å². The number of nitrogens with zero attached hydrogens (tertiary/aromatic N) is 2. The summed E-state index contributed by atoms with van der Waals surface area (Å²) in [4.78, 5) is -1.07. The molecular weight excluding hydrogens is 338 g/mol. The molecule has 0 saturated heterocycles. The highest BCUT2D eigenvalue weighted by Crippen LogP contribution is 2.45. The molecule has 0 rings (SSSR count). The van der Waals surface area contributed by atoms with Crippen LogP contribution in [0.1, 0.15) is 6.92 Å². The van der Waals surface area contributed by atoms with E-state index in [-0.39, 0.29) is 6.54 Å². The molecule has 0 radical (unpaired) electrons. The predicted octanol–water partition coefficient (Wildman–Crippen LogP) is 2.96. The standard InChI is InChI=1S/C6H8Cl4N2O2S2/c1-4(12(3-2-11)16(13)14)15-6(9,10)5(7)8/h4-5H,3H2,1H3,(H,13,14). The first-order valence-corrected chi connectivity index (χ1v) is 7.38. The van der Waals surface area contributed by atoms with Gasteiger partial charge >= 0.3 is 0 Å². The SMILES string of the molecule is CC(SC(Cl)(Cl)C(Cl)Cl)N(CC#N)S(=O)O. The molecule has 0 aromatic heterocycles. The van der Waals surface area contributed by atoms with Crippen molar-refractivity contribution in [2.24, 2.45) is 0 Å². The number of halogens is 4. The highest BCUT2D eigenvalue weighted by Gasteiger charge is 2.37. The van der Waals surface area contributed by atoms with Crippen molar-refractivity contribution in [3.05, 3.63) is 0 Å². The summed E-state index contributed by atoms with van der Waals surface area (Å²) >= 11 is 21.2. The average molecular weight is 346 g/mol. The fraction of sp³-hybridized carbons (Fsp3) is 0.833. The summed E-state index contributed by atoms with van der Waals surface area (Å²) in [7, 11) is 0. The minimum absolute atomic E-state index is 0.240. The normalized spacial score (nSPS) is 16.2. The monoisotopic (exact) mass is 344 g/mol. The Hall–Kier alpha value is 1.07. The number of rotatable bonds is 6. The van der Waals surface area contributed by atoms with Gasteiger partial charge in [0.25, 0.3) is 0 Å². The Labute approximate surface area is 121 Å². The zero-order chi connectivity index (χ0) is 12.9. The van der Waals surface area contributed by atoms with Crippen molar-refractivity contribution in [3.8, 4) is 6.07 Å². The fourth-order valence-electron chi connectivity index (χ4n) is 0.718. The summed E-state index contributed by atoms with van der Waals surface area (Å²) in [6, 6.07) is 1.75. The number of thioether (sulfide) groups is 1. The highest BCUT2D eigenvalue weighted by molar-refractivity contribution is 8.04. The fourth-order valence-corrected chi connectivity index (χ4v) is 3.32. The van der Waals surface area contributed by atoms with Crippen LogP contribution in [0.25, 0.3) is 0 Å². The highest BCUT2D eigenvalue weighted by atomic mass is 35.5. The summed E-state index contributed by atoms with van der Waals surface area (Å²) in [6.07, 6.45) is 0. The van der Waals surface area contributed by atoms with E-state index < -0.39 is 25.1 Å². The lowest BCUT2D eigenvalue weighted by molar-refractivity contribution is 0.422. The van der Waals surface area contributed by atoms with Crippen LogP contribution in [0.2, 0.25) is 0 Å². The van der Waals surface area contributed by atoms with Crippen molar-refractivity contribution in [1.29, 1.82) is 5.26 Å². The second-order valence-electron chi connectivity index (χ2n) is 2.54. The van der Waals surface area contributed by atoms with Gasteiger partial charge in [-0.2, -0.15) is 9.57 Å². The minimum Gasteiger partial charge on any atom is -0.294 e. The van der Waals surface area contributed by atoms with E-state index in [0.717, 1.165) is 16.1 Å². The first-order chi connectivity index (χ1) is 7.22. The molecule has 0 aromatic rings. The number of alkyl halides is 4. The van der Waals surface area contributed by atoms with Gasteiger partial charge in [-0.25, -0.2) is 4.21 Å². The van der Waals surface area contributed by atoms with Crippen LogP contribution in [0.4, 0.5) is 0 Å². The second kappa shape index (κ2) is 7.49. The van der Waals surface area contributed by atoms with Gasteiger partial charge in [0.15, 0.2) is 3.67 Å². The maximum absolute atomic E-state index is 10.9. The molecule has 0 amide bonds. The number of hydrogen-bond donors (Lipinski definition) is 1. The molecule has 0 aliphatic carbocycles. The van der Waals surface area contributed by atoms with Crippen LogP contribution in [-0.2, 0) is 11.3 Å². The first kappa shape index (κ1) is 17.1. The van der Waals surface area contributed by atoms with Crippen LogP contribution in [-0.4, -0.2) is 33.5 Å². The molecule has 1 N–H and O–H groups in total. The molecule has 16 heavy (non-hydrogen) atoms. The third-order valence-corrected chi connectivity index (χ3v) is 5.87. The van der Waals surface area contributed by atoms with Crippen LogP contribution in [0.3, 0.4) is 0 Å². The molecule has 4 nitrogen and oxygen atoms in total.